The molecule has 0 aromatic heterocycles. The van der Waals surface area contributed by atoms with E-state index in [0.717, 1.165) is 0 Å². The van der Waals surface area contributed by atoms with Gasteiger partial charge in [0.15, 0.2) is 8.32 Å². The second-order valence-corrected chi connectivity index (χ2v) is 14.3. The minimum Gasteiger partial charge on any atom is -0.413 e. The van der Waals surface area contributed by atoms with Crippen molar-refractivity contribution in [3.05, 3.63) is 12.7 Å². The Morgan fingerprint density at radius 1 is 1.17 bits per heavy atom. The van der Waals surface area contributed by atoms with Crippen LogP contribution in [0.15, 0.2) is 12.7 Å². The van der Waals surface area contributed by atoms with E-state index in [-0.39, 0.29) is 28.8 Å². The Kier molecular flexibility index (Phi) is 8.13. The predicted molar refractivity (Wildman–Crippen MR) is 106 cm³/mol. The lowest BCUT2D eigenvalue weighted by molar-refractivity contribution is -0.140. The maximum atomic E-state index is 13.1. The molecule has 0 spiro atoms. The number of carbonyl (C=O) groups excluding carboxylic acids is 1. The molecule has 0 aliphatic carbocycles. The van der Waals surface area contributed by atoms with Crippen LogP contribution < -0.4 is 0 Å². The highest BCUT2D eigenvalue weighted by atomic mass is 28.4. The van der Waals surface area contributed by atoms with Crippen molar-refractivity contribution in [2.45, 2.75) is 92.2 Å². The molecule has 0 heterocycles. The summed E-state index contributed by atoms with van der Waals surface area (Å²) in [6, 6.07) is 0. The second-order valence-electron chi connectivity index (χ2n) is 9.50. The lowest BCUT2D eigenvalue weighted by atomic mass is 9.73. The van der Waals surface area contributed by atoms with Crippen LogP contribution in [-0.4, -0.2) is 31.4 Å². The topological polar surface area (TPSA) is 46.5 Å². The van der Waals surface area contributed by atoms with Crippen LogP contribution >= 0.6 is 0 Å². The number of carbonyl (C=O) groups is 1. The van der Waals surface area contributed by atoms with Crippen LogP contribution in [0.25, 0.3) is 0 Å². The van der Waals surface area contributed by atoms with E-state index in [1.165, 1.54) is 0 Å². The zero-order valence-corrected chi connectivity index (χ0v) is 18.6. The number of aliphatic hydroxyl groups is 1. The highest BCUT2D eigenvalue weighted by Crippen LogP contribution is 2.40. The number of aliphatic hydroxyl groups excluding tert-OH is 1. The van der Waals surface area contributed by atoms with Crippen molar-refractivity contribution in [1.82, 2.24) is 0 Å². The lowest BCUT2D eigenvalue weighted by Crippen LogP contribution is -2.51. The van der Waals surface area contributed by atoms with Crippen molar-refractivity contribution < 1.29 is 14.3 Å². The fraction of sp³-hybridized carbons (Fsp3) is 0.850. The fourth-order valence-electron chi connectivity index (χ4n) is 2.69. The molecule has 0 aromatic rings. The standard InChI is InChI=1S/C20H40O3Si/c1-12-13-16(21)20(8,9)18(22)15(4)17(14(2)3)23-24(10,11)19(5,6)7/h12,14-17,21H,1,13H2,2-11H3/t15-,16-,17-/m0/s1. The molecule has 0 saturated carbocycles. The molecule has 0 fully saturated rings. The highest BCUT2D eigenvalue weighted by Gasteiger charge is 2.45. The van der Waals surface area contributed by atoms with E-state index in [0.29, 0.717) is 6.42 Å². The monoisotopic (exact) mass is 356 g/mol. The number of Topliss-reactive ketones (excluding diaryl/α,β-unsaturated/α-hetero) is 1. The van der Waals surface area contributed by atoms with Crippen LogP contribution in [0.1, 0.15) is 61.8 Å². The van der Waals surface area contributed by atoms with Gasteiger partial charge in [0.1, 0.15) is 5.78 Å². The Hall–Kier alpha value is -0.453. The highest BCUT2D eigenvalue weighted by molar-refractivity contribution is 6.74. The third-order valence-corrected chi connectivity index (χ3v) is 10.1. The largest absolute Gasteiger partial charge is 0.413 e. The summed E-state index contributed by atoms with van der Waals surface area (Å²) >= 11 is 0. The van der Waals surface area contributed by atoms with Gasteiger partial charge in [0, 0.05) is 11.3 Å². The Bertz CT molecular complexity index is 433. The average molecular weight is 357 g/mol. The average Bonchev–Trinajstić information content (AvgIpc) is 2.41. The molecule has 3 atom stereocenters. The van der Waals surface area contributed by atoms with E-state index in [1.807, 2.05) is 20.8 Å². The zero-order valence-electron chi connectivity index (χ0n) is 17.6. The van der Waals surface area contributed by atoms with Crippen LogP contribution in [0.2, 0.25) is 18.1 Å². The number of hydrogen-bond donors (Lipinski definition) is 1. The molecule has 4 heteroatoms. The molecule has 0 unspecified atom stereocenters. The molecule has 142 valence electrons. The molecule has 0 aliphatic heterocycles. The van der Waals surface area contributed by atoms with Crippen LogP contribution in [0, 0.1) is 17.3 Å². The van der Waals surface area contributed by atoms with Gasteiger partial charge in [0.25, 0.3) is 0 Å². The summed E-state index contributed by atoms with van der Waals surface area (Å²) < 4.78 is 6.60. The van der Waals surface area contributed by atoms with Gasteiger partial charge in [-0.3, -0.25) is 4.79 Å². The van der Waals surface area contributed by atoms with Crippen molar-refractivity contribution in [2.24, 2.45) is 17.3 Å². The molecule has 0 aromatic carbocycles. The first-order chi connectivity index (χ1) is 10.6. The Balaban J connectivity index is 5.48. The van der Waals surface area contributed by atoms with Crippen molar-refractivity contribution in [2.75, 3.05) is 0 Å². The van der Waals surface area contributed by atoms with Gasteiger partial charge in [-0.15, -0.1) is 6.58 Å². The van der Waals surface area contributed by atoms with E-state index < -0.39 is 19.8 Å². The smallest absolute Gasteiger partial charge is 0.192 e. The van der Waals surface area contributed by atoms with Gasteiger partial charge in [0.05, 0.1) is 12.2 Å². The van der Waals surface area contributed by atoms with Gasteiger partial charge in [-0.25, -0.2) is 0 Å². The predicted octanol–water partition coefficient (Wildman–Crippen LogP) is 5.20. The molecular formula is C20H40O3Si. The maximum absolute atomic E-state index is 13.1. The zero-order chi connectivity index (χ0) is 19.5. The first-order valence-electron chi connectivity index (χ1n) is 9.10. The third kappa shape index (κ3) is 5.53. The van der Waals surface area contributed by atoms with Crippen LogP contribution in [-0.2, 0) is 9.22 Å². The molecule has 0 radical (unpaired) electrons. The van der Waals surface area contributed by atoms with E-state index in [2.05, 4.69) is 54.3 Å². The Morgan fingerprint density at radius 3 is 1.96 bits per heavy atom. The van der Waals surface area contributed by atoms with Gasteiger partial charge in [-0.05, 0) is 30.5 Å². The van der Waals surface area contributed by atoms with Crippen LogP contribution in [0.3, 0.4) is 0 Å². The summed E-state index contributed by atoms with van der Waals surface area (Å²) in [6.07, 6.45) is 1.23. The van der Waals surface area contributed by atoms with Gasteiger partial charge in [-0.2, -0.15) is 0 Å². The first-order valence-corrected chi connectivity index (χ1v) is 12.0. The summed E-state index contributed by atoms with van der Waals surface area (Å²) in [6.45, 7) is 24.5. The van der Waals surface area contributed by atoms with Gasteiger partial charge >= 0.3 is 0 Å². The first kappa shape index (κ1) is 23.5. The van der Waals surface area contributed by atoms with Gasteiger partial charge in [-0.1, -0.05) is 61.5 Å². The van der Waals surface area contributed by atoms with E-state index >= 15 is 0 Å². The number of ketones is 1. The summed E-state index contributed by atoms with van der Waals surface area (Å²) in [5, 5.41) is 10.5. The molecule has 0 bridgehead atoms. The molecule has 0 amide bonds. The minimum atomic E-state index is -1.97. The fourth-order valence-corrected chi connectivity index (χ4v) is 4.20. The van der Waals surface area contributed by atoms with E-state index in [4.69, 9.17) is 4.43 Å². The van der Waals surface area contributed by atoms with E-state index in [1.54, 1.807) is 6.08 Å². The molecular weight excluding hydrogens is 316 g/mol. The van der Waals surface area contributed by atoms with E-state index in [9.17, 15) is 9.90 Å². The maximum Gasteiger partial charge on any atom is 0.192 e. The second kappa shape index (κ2) is 8.28. The molecule has 0 saturated heterocycles. The van der Waals surface area contributed by atoms with Crippen molar-refractivity contribution >= 4 is 14.1 Å². The van der Waals surface area contributed by atoms with Crippen molar-refractivity contribution in [3.63, 3.8) is 0 Å². The Labute approximate surface area is 151 Å². The summed E-state index contributed by atoms with van der Waals surface area (Å²) in [4.78, 5) is 13.1. The SMILES string of the molecule is C=CC[C@H](O)C(C)(C)C(=O)[C@@H](C)[C@@H](O[Si](C)(C)C(C)(C)C)C(C)C. The molecule has 0 rings (SSSR count). The molecule has 3 nitrogen and oxygen atoms in total. The normalized spacial score (nSPS) is 17.5. The molecule has 24 heavy (non-hydrogen) atoms. The van der Waals surface area contributed by atoms with Crippen molar-refractivity contribution in [3.8, 4) is 0 Å². The number of hydrogen-bond acceptors (Lipinski definition) is 3. The summed E-state index contributed by atoms with van der Waals surface area (Å²) in [7, 11) is -1.97. The Morgan fingerprint density at radius 2 is 1.62 bits per heavy atom. The third-order valence-electron chi connectivity index (χ3n) is 5.66. The van der Waals surface area contributed by atoms with Crippen LogP contribution in [0.5, 0.6) is 0 Å². The minimum absolute atomic E-state index is 0.0641. The molecule has 0 aliphatic rings. The number of rotatable bonds is 9. The van der Waals surface area contributed by atoms with Crippen molar-refractivity contribution in [1.29, 1.82) is 0 Å². The summed E-state index contributed by atoms with van der Waals surface area (Å²) in [5.74, 6) is 0.0493. The van der Waals surface area contributed by atoms with Gasteiger partial charge in [0.2, 0.25) is 0 Å². The lowest BCUT2D eigenvalue weighted by Gasteiger charge is -2.43. The van der Waals surface area contributed by atoms with Crippen LogP contribution in [0.4, 0.5) is 0 Å². The van der Waals surface area contributed by atoms with Gasteiger partial charge < -0.3 is 9.53 Å². The summed E-state index contributed by atoms with van der Waals surface area (Å²) in [5.41, 5.74) is -0.808. The molecule has 1 N–H and O–H groups in total. The quantitative estimate of drug-likeness (QED) is 0.456.